The van der Waals surface area contributed by atoms with Gasteiger partial charge in [-0.25, -0.2) is 9.59 Å². The van der Waals surface area contributed by atoms with Gasteiger partial charge in [-0.1, -0.05) is 67.8 Å². The topological polar surface area (TPSA) is 79.0 Å². The summed E-state index contributed by atoms with van der Waals surface area (Å²) >= 11 is 0. The van der Waals surface area contributed by atoms with E-state index in [2.05, 4.69) is 5.32 Å². The van der Waals surface area contributed by atoms with E-state index in [9.17, 15) is 14.4 Å². The standard InChI is InChI=1S/C26H31N3O4/c30-23(22-12-6-2-7-13-22)28-16-18-29(19-17-28)25(32)27-26(14-8-3-9-15-26)24(31)33-20-21-10-4-1-5-11-21/h1-2,4-7,10-13H,3,8-9,14-20H2,(H,27,32). The van der Waals surface area contributed by atoms with Gasteiger partial charge in [-0.15, -0.1) is 0 Å². The molecule has 3 amide bonds. The number of amides is 3. The van der Waals surface area contributed by atoms with Gasteiger partial charge in [-0.3, -0.25) is 4.79 Å². The molecule has 2 aromatic rings. The third-order valence-electron chi connectivity index (χ3n) is 6.53. The number of piperazine rings is 1. The van der Waals surface area contributed by atoms with Crippen molar-refractivity contribution in [3.05, 3.63) is 71.8 Å². The molecule has 2 fully saturated rings. The molecule has 7 nitrogen and oxygen atoms in total. The van der Waals surface area contributed by atoms with E-state index in [4.69, 9.17) is 4.74 Å². The van der Waals surface area contributed by atoms with Gasteiger partial charge in [0.05, 0.1) is 0 Å². The fourth-order valence-corrected chi connectivity index (χ4v) is 4.56. The maximum Gasteiger partial charge on any atom is 0.332 e. The average molecular weight is 450 g/mol. The highest BCUT2D eigenvalue weighted by molar-refractivity contribution is 5.94. The average Bonchev–Trinajstić information content (AvgIpc) is 2.88. The van der Waals surface area contributed by atoms with Crippen molar-refractivity contribution in [3.63, 3.8) is 0 Å². The summed E-state index contributed by atoms with van der Waals surface area (Å²) in [4.78, 5) is 42.3. The Morgan fingerprint density at radius 2 is 1.36 bits per heavy atom. The molecule has 7 heteroatoms. The second kappa shape index (κ2) is 10.5. The van der Waals surface area contributed by atoms with Gasteiger partial charge in [0.2, 0.25) is 0 Å². The maximum absolute atomic E-state index is 13.1. The largest absolute Gasteiger partial charge is 0.459 e. The summed E-state index contributed by atoms with van der Waals surface area (Å²) in [5.74, 6) is -0.388. The first-order valence-corrected chi connectivity index (χ1v) is 11.7. The maximum atomic E-state index is 13.1. The molecule has 0 aromatic heterocycles. The molecular formula is C26H31N3O4. The summed E-state index contributed by atoms with van der Waals surface area (Å²) in [6.07, 6.45) is 3.96. The third kappa shape index (κ3) is 5.53. The fraction of sp³-hybridized carbons (Fsp3) is 0.423. The van der Waals surface area contributed by atoms with Crippen LogP contribution in [0, 0.1) is 0 Å². The van der Waals surface area contributed by atoms with E-state index in [-0.39, 0.29) is 24.5 Å². The van der Waals surface area contributed by atoms with Gasteiger partial charge in [-0.2, -0.15) is 0 Å². The first-order chi connectivity index (χ1) is 16.1. The molecule has 1 aliphatic heterocycles. The lowest BCUT2D eigenvalue weighted by molar-refractivity contribution is -0.154. The van der Waals surface area contributed by atoms with Crippen LogP contribution in [0.5, 0.6) is 0 Å². The zero-order valence-corrected chi connectivity index (χ0v) is 18.9. The van der Waals surface area contributed by atoms with Gasteiger partial charge >= 0.3 is 12.0 Å². The monoisotopic (exact) mass is 449 g/mol. The van der Waals surface area contributed by atoms with Crippen molar-refractivity contribution in [3.8, 4) is 0 Å². The van der Waals surface area contributed by atoms with E-state index in [0.717, 1.165) is 24.8 Å². The van der Waals surface area contributed by atoms with Crippen molar-refractivity contribution in [2.24, 2.45) is 0 Å². The summed E-state index contributed by atoms with van der Waals surface area (Å²) in [7, 11) is 0. The second-order valence-corrected chi connectivity index (χ2v) is 8.78. The van der Waals surface area contributed by atoms with E-state index in [1.54, 1.807) is 21.9 Å². The van der Waals surface area contributed by atoms with Crippen LogP contribution in [-0.4, -0.2) is 59.4 Å². The number of nitrogens with one attached hydrogen (secondary N) is 1. The summed E-state index contributed by atoms with van der Waals surface area (Å²) in [6, 6.07) is 18.5. The van der Waals surface area contributed by atoms with Gasteiger partial charge in [0.25, 0.3) is 5.91 Å². The number of hydrogen-bond donors (Lipinski definition) is 1. The molecule has 4 rings (SSSR count). The van der Waals surface area contributed by atoms with Crippen molar-refractivity contribution in [2.75, 3.05) is 26.2 Å². The predicted octanol–water partition coefficient (Wildman–Crippen LogP) is 3.60. The quantitative estimate of drug-likeness (QED) is 0.708. The summed E-state index contributed by atoms with van der Waals surface area (Å²) in [5.41, 5.74) is 0.584. The van der Waals surface area contributed by atoms with Crippen molar-refractivity contribution < 1.29 is 19.1 Å². The molecule has 0 atom stereocenters. The highest BCUT2D eigenvalue weighted by Crippen LogP contribution is 2.30. The highest BCUT2D eigenvalue weighted by atomic mass is 16.5. The number of hydrogen-bond acceptors (Lipinski definition) is 4. The van der Waals surface area contributed by atoms with Gasteiger partial charge in [0, 0.05) is 31.7 Å². The Balaban J connectivity index is 1.34. The molecule has 174 valence electrons. The third-order valence-corrected chi connectivity index (χ3v) is 6.53. The first-order valence-electron chi connectivity index (χ1n) is 11.7. The molecule has 1 N–H and O–H groups in total. The summed E-state index contributed by atoms with van der Waals surface area (Å²) in [5, 5.41) is 3.02. The van der Waals surface area contributed by atoms with Gasteiger partial charge < -0.3 is 19.9 Å². The SMILES string of the molecule is O=C(NC1(C(=O)OCc2ccccc2)CCCCC1)N1CCN(C(=O)c2ccccc2)CC1. The van der Waals surface area contributed by atoms with Crippen LogP contribution in [0.2, 0.25) is 0 Å². The Kier molecular flexibility index (Phi) is 7.27. The van der Waals surface area contributed by atoms with Crippen molar-refractivity contribution >= 4 is 17.9 Å². The number of ether oxygens (including phenoxy) is 1. The lowest BCUT2D eigenvalue weighted by Crippen LogP contribution is -2.61. The number of nitrogens with zero attached hydrogens (tertiary/aromatic N) is 2. The Morgan fingerprint density at radius 3 is 2.00 bits per heavy atom. The Morgan fingerprint density at radius 1 is 0.788 bits per heavy atom. The summed E-state index contributed by atoms with van der Waals surface area (Å²) < 4.78 is 5.63. The van der Waals surface area contributed by atoms with Crippen LogP contribution < -0.4 is 5.32 Å². The molecule has 1 heterocycles. The van der Waals surface area contributed by atoms with E-state index in [1.165, 1.54) is 0 Å². The molecule has 0 bridgehead atoms. The molecule has 2 aromatic carbocycles. The number of urea groups is 1. The van der Waals surface area contributed by atoms with Gasteiger partial charge in [0.1, 0.15) is 12.1 Å². The highest BCUT2D eigenvalue weighted by Gasteiger charge is 2.43. The Bertz CT molecular complexity index is 950. The van der Waals surface area contributed by atoms with Crippen LogP contribution in [0.1, 0.15) is 48.0 Å². The van der Waals surface area contributed by atoms with Crippen molar-refractivity contribution in [1.29, 1.82) is 0 Å². The minimum absolute atomic E-state index is 0.0242. The van der Waals surface area contributed by atoms with Gasteiger partial charge in [-0.05, 0) is 30.5 Å². The molecule has 2 aliphatic rings. The van der Waals surface area contributed by atoms with E-state index < -0.39 is 5.54 Å². The Hall–Kier alpha value is -3.35. The lowest BCUT2D eigenvalue weighted by atomic mass is 9.81. The van der Waals surface area contributed by atoms with Crippen LogP contribution in [0.15, 0.2) is 60.7 Å². The molecule has 0 spiro atoms. The van der Waals surface area contributed by atoms with Crippen LogP contribution in [0.3, 0.4) is 0 Å². The van der Waals surface area contributed by atoms with E-state index in [0.29, 0.717) is 44.6 Å². The molecular weight excluding hydrogens is 418 g/mol. The number of carbonyl (C=O) groups excluding carboxylic acids is 3. The van der Waals surface area contributed by atoms with Crippen molar-refractivity contribution in [1.82, 2.24) is 15.1 Å². The number of esters is 1. The van der Waals surface area contributed by atoms with Crippen molar-refractivity contribution in [2.45, 2.75) is 44.2 Å². The summed E-state index contributed by atoms with van der Waals surface area (Å²) in [6.45, 7) is 1.98. The van der Waals surface area contributed by atoms with E-state index in [1.807, 2.05) is 48.5 Å². The molecule has 1 aliphatic carbocycles. The fourth-order valence-electron chi connectivity index (χ4n) is 4.56. The number of carbonyl (C=O) groups is 3. The molecule has 33 heavy (non-hydrogen) atoms. The minimum atomic E-state index is -0.985. The molecule has 1 saturated heterocycles. The number of rotatable bonds is 5. The molecule has 0 unspecified atom stereocenters. The minimum Gasteiger partial charge on any atom is -0.459 e. The van der Waals surface area contributed by atoms with Gasteiger partial charge in [0.15, 0.2) is 0 Å². The molecule has 1 saturated carbocycles. The smallest absolute Gasteiger partial charge is 0.332 e. The van der Waals surface area contributed by atoms with Crippen LogP contribution in [-0.2, 0) is 16.1 Å². The second-order valence-electron chi connectivity index (χ2n) is 8.78. The zero-order valence-electron chi connectivity index (χ0n) is 18.9. The van der Waals surface area contributed by atoms with E-state index >= 15 is 0 Å². The Labute approximate surface area is 194 Å². The zero-order chi connectivity index (χ0) is 23.1. The normalized spacial score (nSPS) is 17.8. The molecule has 0 radical (unpaired) electrons. The lowest BCUT2D eigenvalue weighted by Gasteiger charge is -2.40. The number of benzene rings is 2. The first kappa shape index (κ1) is 22.8. The predicted molar refractivity (Wildman–Crippen MR) is 125 cm³/mol. The van der Waals surface area contributed by atoms with Crippen LogP contribution in [0.4, 0.5) is 4.79 Å². The van der Waals surface area contributed by atoms with Crippen LogP contribution >= 0.6 is 0 Å². The van der Waals surface area contributed by atoms with Crippen LogP contribution in [0.25, 0.3) is 0 Å².